The van der Waals surface area contributed by atoms with Crippen molar-refractivity contribution in [3.05, 3.63) is 63.0 Å². The minimum atomic E-state index is -0.222. The van der Waals surface area contributed by atoms with E-state index in [1.807, 2.05) is 42.5 Å². The van der Waals surface area contributed by atoms with Gasteiger partial charge in [0.05, 0.1) is 29.8 Å². The molecule has 1 saturated heterocycles. The third kappa shape index (κ3) is 4.36. The number of nitrogens with zero attached hydrogens (tertiary/aromatic N) is 2. The van der Waals surface area contributed by atoms with Crippen LogP contribution in [0, 0.1) is 0 Å². The number of thiocarbonyl (C=S) groups is 1. The zero-order chi connectivity index (χ0) is 22.8. The first-order valence-corrected chi connectivity index (χ1v) is 12.5. The molecule has 0 unspecified atom stereocenters. The monoisotopic (exact) mass is 530 g/mol. The minimum absolute atomic E-state index is 0.126. The molecule has 1 fully saturated rings. The first kappa shape index (κ1) is 23.0. The highest BCUT2D eigenvalue weighted by molar-refractivity contribution is 9.10. The number of ether oxygens (including phenoxy) is 1. The summed E-state index contributed by atoms with van der Waals surface area (Å²) in [5.41, 5.74) is 3.03. The number of rotatable bonds is 7. The van der Waals surface area contributed by atoms with Crippen LogP contribution in [0.4, 0.5) is 5.69 Å². The maximum atomic E-state index is 13.5. The number of carbonyl (C=O) groups is 2. The van der Waals surface area contributed by atoms with Crippen LogP contribution in [0.25, 0.3) is 5.57 Å². The summed E-state index contributed by atoms with van der Waals surface area (Å²) >= 11 is 10.2. The average molecular weight is 531 g/mol. The molecule has 0 radical (unpaired) electrons. The SMILES string of the molecule is CCCCCN1C(=O)C(=C2SC(=S)N(Cc3ccc(OC)cc3)C2=O)c2cc(Br)ccc21. The van der Waals surface area contributed by atoms with E-state index in [1.165, 1.54) is 11.8 Å². The van der Waals surface area contributed by atoms with E-state index in [4.69, 9.17) is 17.0 Å². The van der Waals surface area contributed by atoms with Crippen LogP contribution in [0.2, 0.25) is 0 Å². The molecule has 0 aliphatic carbocycles. The number of anilines is 1. The van der Waals surface area contributed by atoms with Gasteiger partial charge in [0.1, 0.15) is 10.1 Å². The summed E-state index contributed by atoms with van der Waals surface area (Å²) < 4.78 is 6.53. The third-order valence-corrected chi connectivity index (χ3v) is 7.48. The maximum absolute atomic E-state index is 13.5. The lowest BCUT2D eigenvalue weighted by Gasteiger charge is -2.17. The number of benzene rings is 2. The van der Waals surface area contributed by atoms with Gasteiger partial charge in [-0.1, -0.05) is 71.8 Å². The summed E-state index contributed by atoms with van der Waals surface area (Å²) in [6, 6.07) is 13.3. The summed E-state index contributed by atoms with van der Waals surface area (Å²) in [6.07, 6.45) is 3.05. The number of unbranched alkanes of at least 4 members (excludes halogenated alkanes) is 2. The van der Waals surface area contributed by atoms with Crippen molar-refractivity contribution in [2.75, 3.05) is 18.6 Å². The highest BCUT2D eigenvalue weighted by Crippen LogP contribution is 2.45. The molecule has 2 aromatic carbocycles. The predicted octanol–water partition coefficient (Wildman–Crippen LogP) is 5.77. The van der Waals surface area contributed by atoms with Gasteiger partial charge in [0.15, 0.2) is 0 Å². The molecule has 0 spiro atoms. The van der Waals surface area contributed by atoms with Crippen LogP contribution in [-0.4, -0.2) is 34.7 Å². The Morgan fingerprint density at radius 3 is 2.47 bits per heavy atom. The predicted molar refractivity (Wildman–Crippen MR) is 137 cm³/mol. The van der Waals surface area contributed by atoms with Gasteiger partial charge in [-0.2, -0.15) is 0 Å². The number of thioether (sulfide) groups is 1. The topological polar surface area (TPSA) is 49.9 Å². The largest absolute Gasteiger partial charge is 0.497 e. The summed E-state index contributed by atoms with van der Waals surface area (Å²) in [5.74, 6) is 0.405. The van der Waals surface area contributed by atoms with Crippen LogP contribution in [-0.2, 0) is 16.1 Å². The van der Waals surface area contributed by atoms with Crippen molar-refractivity contribution in [1.29, 1.82) is 0 Å². The Kier molecular flexibility index (Phi) is 7.02. The van der Waals surface area contributed by atoms with Crippen LogP contribution in [0.3, 0.4) is 0 Å². The van der Waals surface area contributed by atoms with Crippen molar-refractivity contribution in [3.63, 3.8) is 0 Å². The molecule has 5 nitrogen and oxygen atoms in total. The highest BCUT2D eigenvalue weighted by atomic mass is 79.9. The van der Waals surface area contributed by atoms with Gasteiger partial charge in [-0.05, 0) is 42.3 Å². The van der Waals surface area contributed by atoms with Crippen molar-refractivity contribution >= 4 is 67.3 Å². The van der Waals surface area contributed by atoms with Crippen molar-refractivity contribution in [1.82, 2.24) is 4.90 Å². The van der Waals surface area contributed by atoms with Crippen molar-refractivity contribution in [2.45, 2.75) is 32.7 Å². The van der Waals surface area contributed by atoms with Gasteiger partial charge in [0, 0.05) is 16.6 Å². The lowest BCUT2D eigenvalue weighted by Crippen LogP contribution is -2.29. The fourth-order valence-corrected chi connectivity index (χ4v) is 5.55. The summed E-state index contributed by atoms with van der Waals surface area (Å²) in [6.45, 7) is 3.12. The number of fused-ring (bicyclic) bond motifs is 1. The molecule has 0 aromatic heterocycles. The molecular formula is C24H23BrN2O3S2. The summed E-state index contributed by atoms with van der Waals surface area (Å²) in [7, 11) is 1.61. The second kappa shape index (κ2) is 9.77. The first-order valence-electron chi connectivity index (χ1n) is 10.5. The fourth-order valence-electron chi connectivity index (χ4n) is 3.86. The van der Waals surface area contributed by atoms with E-state index < -0.39 is 0 Å². The van der Waals surface area contributed by atoms with E-state index in [2.05, 4.69) is 22.9 Å². The normalized spacial score (nSPS) is 18.0. The van der Waals surface area contributed by atoms with Crippen LogP contribution >= 0.6 is 39.9 Å². The summed E-state index contributed by atoms with van der Waals surface area (Å²) in [4.78, 5) is 30.6. The Morgan fingerprint density at radius 2 is 1.78 bits per heavy atom. The van der Waals surface area contributed by atoms with E-state index in [1.54, 1.807) is 16.9 Å². The Balaban J connectivity index is 1.67. The number of methoxy groups -OCH3 is 1. The van der Waals surface area contributed by atoms with Crippen LogP contribution in [0.5, 0.6) is 5.75 Å². The molecule has 2 aromatic rings. The molecule has 0 N–H and O–H groups in total. The van der Waals surface area contributed by atoms with E-state index in [0.717, 1.165) is 46.3 Å². The quantitative estimate of drug-likeness (QED) is 0.258. The Hall–Kier alpha value is -2.16. The molecule has 166 valence electrons. The lowest BCUT2D eigenvalue weighted by molar-refractivity contribution is -0.122. The Morgan fingerprint density at radius 1 is 1.03 bits per heavy atom. The van der Waals surface area contributed by atoms with E-state index in [-0.39, 0.29) is 11.8 Å². The van der Waals surface area contributed by atoms with Gasteiger partial charge < -0.3 is 9.64 Å². The van der Waals surface area contributed by atoms with Crippen molar-refractivity contribution in [2.24, 2.45) is 0 Å². The number of carbonyl (C=O) groups excluding carboxylic acids is 2. The zero-order valence-corrected chi connectivity index (χ0v) is 21.1. The van der Waals surface area contributed by atoms with Gasteiger partial charge in [0.2, 0.25) is 0 Å². The molecule has 0 atom stereocenters. The smallest absolute Gasteiger partial charge is 0.267 e. The van der Waals surface area contributed by atoms with Gasteiger partial charge in [0.25, 0.3) is 11.8 Å². The second-order valence-electron chi connectivity index (χ2n) is 7.64. The van der Waals surface area contributed by atoms with Gasteiger partial charge >= 0.3 is 0 Å². The molecule has 2 amide bonds. The number of halogens is 1. The average Bonchev–Trinajstić information content (AvgIpc) is 3.21. The third-order valence-electron chi connectivity index (χ3n) is 5.54. The first-order chi connectivity index (χ1) is 15.4. The molecule has 2 aliphatic heterocycles. The molecule has 8 heteroatoms. The van der Waals surface area contributed by atoms with E-state index >= 15 is 0 Å². The van der Waals surface area contributed by atoms with Crippen LogP contribution in [0.1, 0.15) is 37.3 Å². The molecule has 4 rings (SSSR count). The second-order valence-corrected chi connectivity index (χ2v) is 10.2. The number of hydrogen-bond acceptors (Lipinski definition) is 5. The molecule has 0 saturated carbocycles. The van der Waals surface area contributed by atoms with Crippen molar-refractivity contribution in [3.8, 4) is 5.75 Å². The van der Waals surface area contributed by atoms with Crippen LogP contribution in [0.15, 0.2) is 51.8 Å². The van der Waals surface area contributed by atoms with Gasteiger partial charge in [-0.15, -0.1) is 0 Å². The molecular weight excluding hydrogens is 508 g/mol. The molecule has 0 bridgehead atoms. The number of amides is 2. The number of hydrogen-bond donors (Lipinski definition) is 0. The lowest BCUT2D eigenvalue weighted by atomic mass is 10.1. The Bertz CT molecular complexity index is 1110. The van der Waals surface area contributed by atoms with E-state index in [9.17, 15) is 9.59 Å². The highest BCUT2D eigenvalue weighted by Gasteiger charge is 2.41. The van der Waals surface area contributed by atoms with Crippen LogP contribution < -0.4 is 9.64 Å². The van der Waals surface area contributed by atoms with Crippen molar-refractivity contribution < 1.29 is 14.3 Å². The fraction of sp³-hybridized carbons (Fsp3) is 0.292. The van der Waals surface area contributed by atoms with E-state index in [0.29, 0.717) is 27.9 Å². The van der Waals surface area contributed by atoms with Gasteiger partial charge in [-0.3, -0.25) is 14.5 Å². The standard InChI is InChI=1S/C24H23BrN2O3S2/c1-3-4-5-12-26-19-11-8-16(25)13-18(19)20(22(26)28)21-23(29)27(24(31)32-21)14-15-6-9-17(30-2)10-7-15/h6-11,13H,3-5,12,14H2,1-2H3. The molecule has 2 aliphatic rings. The molecule has 2 heterocycles. The molecule has 32 heavy (non-hydrogen) atoms. The zero-order valence-electron chi connectivity index (χ0n) is 17.9. The summed E-state index contributed by atoms with van der Waals surface area (Å²) in [5, 5.41) is 0. The van der Waals surface area contributed by atoms with Gasteiger partial charge in [-0.25, -0.2) is 0 Å². The Labute approximate surface area is 205 Å². The maximum Gasteiger partial charge on any atom is 0.267 e. The minimum Gasteiger partial charge on any atom is -0.497 e.